The highest BCUT2D eigenvalue weighted by Crippen LogP contribution is 2.32. The van der Waals surface area contributed by atoms with Crippen LogP contribution in [0.15, 0.2) is 12.4 Å². The number of amides is 1. The van der Waals surface area contributed by atoms with Crippen molar-refractivity contribution in [3.63, 3.8) is 0 Å². The number of imidazole rings is 1. The van der Waals surface area contributed by atoms with E-state index in [1.54, 1.807) is 0 Å². The zero-order valence-electron chi connectivity index (χ0n) is 17.8. The van der Waals surface area contributed by atoms with Crippen LogP contribution in [-0.4, -0.2) is 48.6 Å². The fourth-order valence-corrected chi connectivity index (χ4v) is 4.83. The monoisotopic (exact) mass is 398 g/mol. The minimum Gasteiger partial charge on any atom is -0.342 e. The van der Waals surface area contributed by atoms with Gasteiger partial charge in [0, 0.05) is 56.2 Å². The van der Waals surface area contributed by atoms with Crippen molar-refractivity contribution in [1.82, 2.24) is 29.6 Å². The Bertz CT molecular complexity index is 804. The fraction of sp³-hybridized carbons (Fsp3) is 0.727. The first-order valence-corrected chi connectivity index (χ1v) is 11.3. The van der Waals surface area contributed by atoms with Crippen LogP contribution in [-0.2, 0) is 11.3 Å². The number of nitrogens with zero attached hydrogens (tertiary/aromatic N) is 5. The summed E-state index contributed by atoms with van der Waals surface area (Å²) in [4.78, 5) is 24.1. The molecule has 0 radical (unpaired) electrons. The Morgan fingerprint density at radius 3 is 2.76 bits per heavy atom. The fourth-order valence-electron chi connectivity index (χ4n) is 4.83. The Balaban J connectivity index is 1.33. The molecule has 1 saturated heterocycles. The lowest BCUT2D eigenvalue weighted by Crippen LogP contribution is -2.39. The van der Waals surface area contributed by atoms with Gasteiger partial charge in [0.2, 0.25) is 5.91 Å². The number of carbonyl (C=O) groups is 1. The molecule has 4 rings (SSSR count). The summed E-state index contributed by atoms with van der Waals surface area (Å²) < 4.78 is 2.11. The predicted octanol–water partition coefficient (Wildman–Crippen LogP) is 3.97. The van der Waals surface area contributed by atoms with Crippen LogP contribution in [0.3, 0.4) is 0 Å². The zero-order valence-corrected chi connectivity index (χ0v) is 17.8. The van der Waals surface area contributed by atoms with Gasteiger partial charge in [0.15, 0.2) is 5.82 Å². The van der Waals surface area contributed by atoms with E-state index in [0.717, 1.165) is 43.4 Å². The predicted molar refractivity (Wildman–Crippen MR) is 112 cm³/mol. The van der Waals surface area contributed by atoms with Gasteiger partial charge < -0.3 is 9.47 Å². The van der Waals surface area contributed by atoms with E-state index in [4.69, 9.17) is 4.98 Å². The molecule has 1 amide bonds. The normalized spacial score (nSPS) is 21.1. The molecule has 0 spiro atoms. The van der Waals surface area contributed by atoms with E-state index in [9.17, 15) is 4.79 Å². The number of hydrogen-bond acceptors (Lipinski definition) is 4. The Kier molecular flexibility index (Phi) is 6.31. The van der Waals surface area contributed by atoms with E-state index in [1.165, 1.54) is 32.1 Å². The second-order valence-corrected chi connectivity index (χ2v) is 8.98. The minimum absolute atomic E-state index is 0.223. The number of H-pyrrole nitrogens is 1. The average molecular weight is 399 g/mol. The molecule has 1 atom stereocenters. The minimum atomic E-state index is 0.223. The first-order valence-electron chi connectivity index (χ1n) is 11.3. The van der Waals surface area contributed by atoms with Crippen LogP contribution in [0.2, 0.25) is 0 Å². The zero-order chi connectivity index (χ0) is 20.2. The number of nitrogens with one attached hydrogen (secondary N) is 1. The van der Waals surface area contributed by atoms with Crippen molar-refractivity contribution in [3.05, 3.63) is 29.9 Å². The molecule has 2 aromatic rings. The molecule has 0 bridgehead atoms. The second-order valence-electron chi connectivity index (χ2n) is 8.98. The molecule has 2 aliphatic rings. The summed E-state index contributed by atoms with van der Waals surface area (Å²) >= 11 is 0. The van der Waals surface area contributed by atoms with Crippen LogP contribution in [0.1, 0.15) is 100 Å². The second kappa shape index (κ2) is 9.09. The molecule has 1 N–H and O–H groups in total. The van der Waals surface area contributed by atoms with E-state index in [2.05, 4.69) is 33.6 Å². The molecule has 2 fully saturated rings. The van der Waals surface area contributed by atoms with E-state index in [-0.39, 0.29) is 11.8 Å². The Labute approximate surface area is 173 Å². The Morgan fingerprint density at radius 2 is 1.97 bits per heavy atom. The summed E-state index contributed by atoms with van der Waals surface area (Å²) in [5.74, 6) is 4.39. The first kappa shape index (κ1) is 20.1. The van der Waals surface area contributed by atoms with Crippen LogP contribution >= 0.6 is 0 Å². The van der Waals surface area contributed by atoms with E-state index < -0.39 is 0 Å². The molecular weight excluding hydrogens is 364 g/mol. The maximum atomic E-state index is 12.8. The summed E-state index contributed by atoms with van der Waals surface area (Å²) in [7, 11) is 0. The third-order valence-corrected chi connectivity index (χ3v) is 6.48. The van der Waals surface area contributed by atoms with Gasteiger partial charge in [-0.25, -0.2) is 9.97 Å². The van der Waals surface area contributed by atoms with Gasteiger partial charge >= 0.3 is 0 Å². The summed E-state index contributed by atoms with van der Waals surface area (Å²) in [5.41, 5.74) is 0. The molecule has 2 aromatic heterocycles. The lowest BCUT2D eigenvalue weighted by Gasteiger charge is -2.31. The maximum absolute atomic E-state index is 12.8. The standard InChI is InChI=1S/C22H34N6O/c1-16(2)22-23-11-14-27(22)13-10-19(29)28-12-6-9-18(15-28)21-24-20(25-26-21)17-7-4-3-5-8-17/h11,14,16-18H,3-10,12-13,15H2,1-2H3,(H,24,25,26)/t18-/m0/s1. The molecule has 7 heteroatoms. The molecule has 0 aromatic carbocycles. The van der Waals surface area contributed by atoms with E-state index in [0.29, 0.717) is 24.8 Å². The van der Waals surface area contributed by atoms with Crippen LogP contribution in [0.4, 0.5) is 0 Å². The largest absolute Gasteiger partial charge is 0.342 e. The van der Waals surface area contributed by atoms with Gasteiger partial charge in [0.25, 0.3) is 0 Å². The lowest BCUT2D eigenvalue weighted by molar-refractivity contribution is -0.132. The van der Waals surface area contributed by atoms with Gasteiger partial charge in [-0.1, -0.05) is 33.1 Å². The van der Waals surface area contributed by atoms with Crippen molar-refractivity contribution in [3.8, 4) is 0 Å². The smallest absolute Gasteiger partial charge is 0.224 e. The van der Waals surface area contributed by atoms with Gasteiger partial charge in [-0.3, -0.25) is 9.89 Å². The quantitative estimate of drug-likeness (QED) is 0.798. The van der Waals surface area contributed by atoms with Crippen LogP contribution in [0.25, 0.3) is 0 Å². The van der Waals surface area contributed by atoms with Crippen molar-refractivity contribution in [1.29, 1.82) is 0 Å². The molecule has 7 nitrogen and oxygen atoms in total. The lowest BCUT2D eigenvalue weighted by atomic mass is 9.89. The highest BCUT2D eigenvalue weighted by atomic mass is 16.2. The number of likely N-dealkylation sites (tertiary alicyclic amines) is 1. The Hall–Kier alpha value is -2.18. The third kappa shape index (κ3) is 4.70. The molecule has 1 saturated carbocycles. The van der Waals surface area contributed by atoms with Gasteiger partial charge in [-0.2, -0.15) is 5.10 Å². The van der Waals surface area contributed by atoms with Gasteiger partial charge in [0.1, 0.15) is 11.6 Å². The molecule has 158 valence electrons. The van der Waals surface area contributed by atoms with Crippen LogP contribution in [0, 0.1) is 0 Å². The molecule has 29 heavy (non-hydrogen) atoms. The average Bonchev–Trinajstić information content (AvgIpc) is 3.42. The summed E-state index contributed by atoms with van der Waals surface area (Å²) in [6.07, 6.45) is 12.8. The van der Waals surface area contributed by atoms with Gasteiger partial charge in [-0.05, 0) is 25.7 Å². The Morgan fingerprint density at radius 1 is 1.17 bits per heavy atom. The van der Waals surface area contributed by atoms with Crippen LogP contribution in [0.5, 0.6) is 0 Å². The highest BCUT2D eigenvalue weighted by Gasteiger charge is 2.28. The summed E-state index contributed by atoms with van der Waals surface area (Å²) in [6.45, 7) is 6.54. The summed E-state index contributed by atoms with van der Waals surface area (Å²) in [5, 5.41) is 7.74. The number of aromatic amines is 1. The first-order chi connectivity index (χ1) is 14.1. The number of rotatable bonds is 6. The molecule has 1 aliphatic heterocycles. The van der Waals surface area contributed by atoms with Crippen molar-refractivity contribution < 1.29 is 4.79 Å². The van der Waals surface area contributed by atoms with Crippen LogP contribution < -0.4 is 0 Å². The SMILES string of the molecule is CC(C)c1nccn1CCC(=O)N1CCC[C@H](c2n[nH]c(C3CCCCC3)n2)C1. The molecule has 0 unspecified atom stereocenters. The van der Waals surface area contributed by atoms with Crippen molar-refractivity contribution in [2.24, 2.45) is 0 Å². The number of aryl methyl sites for hydroxylation is 1. The molecular formula is C22H34N6O. The van der Waals surface area contributed by atoms with Gasteiger partial charge in [-0.15, -0.1) is 0 Å². The molecule has 3 heterocycles. The van der Waals surface area contributed by atoms with Crippen molar-refractivity contribution >= 4 is 5.91 Å². The molecule has 1 aliphatic carbocycles. The van der Waals surface area contributed by atoms with Crippen molar-refractivity contribution in [2.45, 2.75) is 89.5 Å². The number of hydrogen-bond donors (Lipinski definition) is 1. The summed E-state index contributed by atoms with van der Waals surface area (Å²) in [6, 6.07) is 0. The number of aromatic nitrogens is 5. The van der Waals surface area contributed by atoms with E-state index in [1.807, 2.05) is 17.3 Å². The van der Waals surface area contributed by atoms with Crippen molar-refractivity contribution in [2.75, 3.05) is 13.1 Å². The number of carbonyl (C=O) groups excluding carboxylic acids is 1. The third-order valence-electron chi connectivity index (χ3n) is 6.48. The maximum Gasteiger partial charge on any atom is 0.224 e. The highest BCUT2D eigenvalue weighted by molar-refractivity contribution is 5.76. The van der Waals surface area contributed by atoms with Gasteiger partial charge in [0.05, 0.1) is 0 Å². The topological polar surface area (TPSA) is 79.7 Å². The number of piperidine rings is 1. The van der Waals surface area contributed by atoms with E-state index >= 15 is 0 Å².